The summed E-state index contributed by atoms with van der Waals surface area (Å²) in [7, 11) is 0. The molecule has 0 amide bonds. The number of rotatable bonds is 1. The second-order valence-electron chi connectivity index (χ2n) is 5.25. The molecule has 0 aromatic heterocycles. The molecule has 1 saturated carbocycles. The minimum absolute atomic E-state index is 0.692. The van der Waals surface area contributed by atoms with Crippen LogP contribution in [-0.2, 0) is 0 Å². The summed E-state index contributed by atoms with van der Waals surface area (Å²) in [5.41, 5.74) is 2.54. The molecule has 2 aliphatic rings. The highest BCUT2D eigenvalue weighted by Gasteiger charge is 2.26. The van der Waals surface area contributed by atoms with Gasteiger partial charge in [-0.05, 0) is 31.9 Å². The average molecular weight is 230 g/mol. The molecule has 3 rings (SSSR count). The lowest BCUT2D eigenvalue weighted by molar-refractivity contribution is -0.594. The van der Waals surface area contributed by atoms with Gasteiger partial charge in [-0.3, -0.25) is 0 Å². The van der Waals surface area contributed by atoms with Crippen molar-refractivity contribution in [2.24, 2.45) is 0 Å². The van der Waals surface area contributed by atoms with Gasteiger partial charge in [0.2, 0.25) is 0 Å². The van der Waals surface area contributed by atoms with E-state index in [1.165, 1.54) is 43.2 Å². The maximum Gasteiger partial charge on any atom is 0.287 e. The number of fused-ring (bicyclic) bond motifs is 1. The van der Waals surface area contributed by atoms with Crippen LogP contribution in [0, 0.1) is 6.92 Å². The molecule has 1 aromatic carbocycles. The van der Waals surface area contributed by atoms with E-state index in [2.05, 4.69) is 35.9 Å². The molecule has 90 valence electrons. The summed E-state index contributed by atoms with van der Waals surface area (Å²) in [6, 6.07) is 7.10. The van der Waals surface area contributed by atoms with Crippen LogP contribution in [0.3, 0.4) is 0 Å². The maximum atomic E-state index is 5.84. The molecule has 1 heterocycles. The first-order valence-electron chi connectivity index (χ1n) is 6.67. The van der Waals surface area contributed by atoms with Crippen LogP contribution < -0.4 is 4.74 Å². The van der Waals surface area contributed by atoms with E-state index in [1.54, 1.807) is 0 Å². The lowest BCUT2D eigenvalue weighted by Gasteiger charge is -2.23. The Labute approximate surface area is 103 Å². The molecular weight excluding hydrogens is 210 g/mol. The van der Waals surface area contributed by atoms with Crippen LogP contribution in [-0.4, -0.2) is 23.6 Å². The lowest BCUT2D eigenvalue weighted by Crippen LogP contribution is -2.35. The summed E-state index contributed by atoms with van der Waals surface area (Å²) in [6.07, 6.45) is 9.08. The van der Waals surface area contributed by atoms with Crippen molar-refractivity contribution in [1.82, 2.24) is 0 Å². The highest BCUT2D eigenvalue weighted by molar-refractivity contribution is 5.81. The standard InChI is InChI=1S/C15H20NO/c1-12-7-8-15-13(9-12)10-16(11-17-15)14-5-3-2-4-6-14/h7-10,14H,2-6,11H2,1H3/q+1. The smallest absolute Gasteiger partial charge is 0.287 e. The fourth-order valence-electron chi connectivity index (χ4n) is 2.88. The van der Waals surface area contributed by atoms with Crippen molar-refractivity contribution in [3.8, 4) is 5.75 Å². The van der Waals surface area contributed by atoms with Gasteiger partial charge in [-0.2, -0.15) is 4.58 Å². The molecular formula is C15H20NO+. The van der Waals surface area contributed by atoms with Crippen molar-refractivity contribution in [1.29, 1.82) is 0 Å². The SMILES string of the molecule is Cc1ccc2c(c1)C=[N+](C1CCCCC1)CO2. The minimum Gasteiger partial charge on any atom is -0.435 e. The van der Waals surface area contributed by atoms with Crippen molar-refractivity contribution >= 4 is 6.21 Å². The van der Waals surface area contributed by atoms with Gasteiger partial charge in [0.15, 0.2) is 12.3 Å². The number of benzene rings is 1. The van der Waals surface area contributed by atoms with E-state index in [4.69, 9.17) is 4.74 Å². The van der Waals surface area contributed by atoms with Gasteiger partial charge in [0.05, 0.1) is 5.56 Å². The van der Waals surface area contributed by atoms with E-state index in [0.717, 1.165) is 12.5 Å². The van der Waals surface area contributed by atoms with E-state index in [-0.39, 0.29) is 0 Å². The number of aryl methyl sites for hydroxylation is 1. The largest absolute Gasteiger partial charge is 0.435 e. The molecule has 1 aliphatic heterocycles. The summed E-state index contributed by atoms with van der Waals surface area (Å²) < 4.78 is 8.23. The Balaban J connectivity index is 1.87. The Bertz CT molecular complexity index is 444. The van der Waals surface area contributed by atoms with Crippen LogP contribution in [0.1, 0.15) is 43.2 Å². The van der Waals surface area contributed by atoms with Gasteiger partial charge in [0, 0.05) is 12.8 Å². The molecule has 1 aromatic rings. The van der Waals surface area contributed by atoms with Gasteiger partial charge in [-0.1, -0.05) is 18.1 Å². The third-order valence-electron chi connectivity index (χ3n) is 3.88. The predicted octanol–water partition coefficient (Wildman–Crippen LogP) is 3.11. The first kappa shape index (κ1) is 10.8. The van der Waals surface area contributed by atoms with Gasteiger partial charge in [-0.15, -0.1) is 0 Å². The number of nitrogens with zero attached hydrogens (tertiary/aromatic N) is 1. The van der Waals surface area contributed by atoms with E-state index in [1.807, 2.05) is 0 Å². The van der Waals surface area contributed by atoms with Gasteiger partial charge in [0.25, 0.3) is 6.73 Å². The molecule has 0 atom stereocenters. The molecule has 0 unspecified atom stereocenters. The van der Waals surface area contributed by atoms with Crippen LogP contribution in [0.25, 0.3) is 0 Å². The van der Waals surface area contributed by atoms with Gasteiger partial charge in [0.1, 0.15) is 5.75 Å². The van der Waals surface area contributed by atoms with E-state index in [0.29, 0.717) is 6.04 Å². The molecule has 17 heavy (non-hydrogen) atoms. The van der Waals surface area contributed by atoms with Gasteiger partial charge in [-0.25, -0.2) is 0 Å². The quantitative estimate of drug-likeness (QED) is 0.675. The zero-order valence-electron chi connectivity index (χ0n) is 10.5. The Morgan fingerprint density at radius 3 is 2.82 bits per heavy atom. The van der Waals surface area contributed by atoms with Crippen molar-refractivity contribution in [2.45, 2.75) is 45.1 Å². The van der Waals surface area contributed by atoms with Crippen molar-refractivity contribution in [3.63, 3.8) is 0 Å². The van der Waals surface area contributed by atoms with Crippen LogP contribution in [0.4, 0.5) is 0 Å². The third kappa shape index (κ3) is 2.21. The molecule has 0 saturated heterocycles. The summed E-state index contributed by atoms with van der Waals surface area (Å²) in [6.45, 7) is 2.86. The molecule has 0 N–H and O–H groups in total. The fourth-order valence-corrected chi connectivity index (χ4v) is 2.88. The Morgan fingerprint density at radius 1 is 1.18 bits per heavy atom. The van der Waals surface area contributed by atoms with Crippen molar-refractivity contribution in [3.05, 3.63) is 29.3 Å². The Hall–Kier alpha value is -1.31. The van der Waals surface area contributed by atoms with Gasteiger partial charge >= 0.3 is 0 Å². The molecule has 1 fully saturated rings. The van der Waals surface area contributed by atoms with E-state index < -0.39 is 0 Å². The number of hydrogen-bond donors (Lipinski definition) is 0. The molecule has 0 bridgehead atoms. The highest BCUT2D eigenvalue weighted by Crippen LogP contribution is 2.25. The first-order valence-corrected chi connectivity index (χ1v) is 6.67. The van der Waals surface area contributed by atoms with Gasteiger partial charge < -0.3 is 4.74 Å². The monoisotopic (exact) mass is 230 g/mol. The Morgan fingerprint density at radius 2 is 2.00 bits per heavy atom. The maximum absolute atomic E-state index is 5.84. The van der Waals surface area contributed by atoms with Crippen molar-refractivity contribution < 1.29 is 9.31 Å². The second kappa shape index (κ2) is 4.52. The summed E-state index contributed by atoms with van der Waals surface area (Å²) >= 11 is 0. The average Bonchev–Trinajstić information content (AvgIpc) is 2.39. The minimum atomic E-state index is 0.692. The third-order valence-corrected chi connectivity index (χ3v) is 3.88. The van der Waals surface area contributed by atoms with E-state index >= 15 is 0 Å². The number of hydrogen-bond acceptors (Lipinski definition) is 1. The number of ether oxygens (including phenoxy) is 1. The first-order chi connectivity index (χ1) is 8.33. The fraction of sp³-hybridized carbons (Fsp3) is 0.533. The highest BCUT2D eigenvalue weighted by atomic mass is 16.5. The zero-order valence-corrected chi connectivity index (χ0v) is 10.5. The van der Waals surface area contributed by atoms with Crippen molar-refractivity contribution in [2.75, 3.05) is 6.73 Å². The van der Waals surface area contributed by atoms with Crippen LogP contribution in [0.2, 0.25) is 0 Å². The molecule has 2 nitrogen and oxygen atoms in total. The van der Waals surface area contributed by atoms with Crippen LogP contribution >= 0.6 is 0 Å². The zero-order chi connectivity index (χ0) is 11.7. The normalized spacial score (nSPS) is 20.4. The molecule has 1 aliphatic carbocycles. The lowest BCUT2D eigenvalue weighted by atomic mass is 9.95. The van der Waals surface area contributed by atoms with Crippen LogP contribution in [0.5, 0.6) is 5.75 Å². The second-order valence-corrected chi connectivity index (χ2v) is 5.25. The molecule has 2 heteroatoms. The molecule has 0 radical (unpaired) electrons. The summed E-state index contributed by atoms with van der Waals surface area (Å²) in [5.74, 6) is 1.03. The predicted molar refractivity (Wildman–Crippen MR) is 69.0 cm³/mol. The summed E-state index contributed by atoms with van der Waals surface area (Å²) in [5, 5.41) is 0. The topological polar surface area (TPSA) is 12.2 Å². The summed E-state index contributed by atoms with van der Waals surface area (Å²) in [4.78, 5) is 0. The van der Waals surface area contributed by atoms with E-state index in [9.17, 15) is 0 Å². The molecule has 0 spiro atoms. The Kier molecular flexibility index (Phi) is 2.87. The van der Waals surface area contributed by atoms with Crippen LogP contribution in [0.15, 0.2) is 18.2 Å².